The number of carbonyl (C=O) groups is 1. The summed E-state index contributed by atoms with van der Waals surface area (Å²) in [5, 5.41) is 3.41. The number of aliphatic imine (C=N–C) groups is 1. The molecule has 5 nitrogen and oxygen atoms in total. The molecule has 6 heteroatoms. The SMILES string of the molecule is CCCCN(C)C(=O)c1ccc2c(c1)N=C(N1CCNCC1)c1ccccc1S2. The first-order chi connectivity index (χ1) is 14.2. The third-order valence-electron chi connectivity index (χ3n) is 5.39. The summed E-state index contributed by atoms with van der Waals surface area (Å²) in [4.78, 5) is 24.4. The standard InChI is InChI=1S/C23H28N4OS/c1-3-4-13-26(2)23(28)17-9-10-21-19(16-17)25-22(27-14-11-24-12-15-27)18-7-5-6-8-20(18)29-21/h5-10,16,24H,3-4,11-15H2,1-2H3. The second-order valence-corrected chi connectivity index (χ2v) is 8.62. The fourth-order valence-corrected chi connectivity index (χ4v) is 4.69. The number of unbranched alkanes of at least 4 members (excludes halogenated alkanes) is 1. The molecule has 2 aromatic rings. The van der Waals surface area contributed by atoms with Crippen LogP contribution in [0.25, 0.3) is 0 Å². The van der Waals surface area contributed by atoms with Crippen molar-refractivity contribution in [2.24, 2.45) is 4.99 Å². The Labute approximate surface area is 177 Å². The van der Waals surface area contributed by atoms with Crippen LogP contribution < -0.4 is 5.32 Å². The number of hydrogen-bond acceptors (Lipinski definition) is 5. The van der Waals surface area contributed by atoms with Crippen LogP contribution in [0.4, 0.5) is 5.69 Å². The zero-order valence-electron chi connectivity index (χ0n) is 17.1. The maximum absolute atomic E-state index is 12.9. The van der Waals surface area contributed by atoms with E-state index in [-0.39, 0.29) is 5.91 Å². The van der Waals surface area contributed by atoms with E-state index in [0.717, 1.165) is 62.0 Å². The lowest BCUT2D eigenvalue weighted by Crippen LogP contribution is -2.46. The van der Waals surface area contributed by atoms with Crippen molar-refractivity contribution < 1.29 is 4.79 Å². The highest BCUT2D eigenvalue weighted by Gasteiger charge is 2.24. The number of amides is 1. The molecule has 0 unspecified atom stereocenters. The van der Waals surface area contributed by atoms with Gasteiger partial charge in [0.05, 0.1) is 5.69 Å². The van der Waals surface area contributed by atoms with Gasteiger partial charge in [-0.15, -0.1) is 0 Å². The number of fused-ring (bicyclic) bond motifs is 2. The van der Waals surface area contributed by atoms with Crippen molar-refractivity contribution in [2.75, 3.05) is 39.8 Å². The molecule has 1 saturated heterocycles. The van der Waals surface area contributed by atoms with E-state index >= 15 is 0 Å². The van der Waals surface area contributed by atoms with Gasteiger partial charge in [-0.2, -0.15) is 0 Å². The molecule has 2 heterocycles. The number of rotatable bonds is 4. The van der Waals surface area contributed by atoms with E-state index in [4.69, 9.17) is 4.99 Å². The van der Waals surface area contributed by atoms with Crippen molar-refractivity contribution >= 4 is 29.2 Å². The van der Waals surface area contributed by atoms with Crippen molar-refractivity contribution in [1.82, 2.24) is 15.1 Å². The van der Waals surface area contributed by atoms with Gasteiger partial charge in [-0.1, -0.05) is 43.3 Å². The Kier molecular flexibility index (Phi) is 6.21. The smallest absolute Gasteiger partial charge is 0.253 e. The normalized spacial score (nSPS) is 15.8. The van der Waals surface area contributed by atoms with E-state index in [1.807, 2.05) is 30.1 Å². The van der Waals surface area contributed by atoms with Gasteiger partial charge in [0.1, 0.15) is 5.84 Å². The summed E-state index contributed by atoms with van der Waals surface area (Å²) < 4.78 is 0. The van der Waals surface area contributed by atoms with E-state index < -0.39 is 0 Å². The zero-order valence-corrected chi connectivity index (χ0v) is 18.0. The molecule has 2 aliphatic heterocycles. The van der Waals surface area contributed by atoms with Crippen molar-refractivity contribution in [2.45, 2.75) is 29.6 Å². The molecule has 0 aromatic heterocycles. The van der Waals surface area contributed by atoms with Crippen molar-refractivity contribution in [3.05, 3.63) is 53.6 Å². The number of nitrogens with one attached hydrogen (secondary N) is 1. The minimum atomic E-state index is 0.0620. The Morgan fingerprint density at radius 1 is 1.17 bits per heavy atom. The first kappa shape index (κ1) is 20.0. The molecule has 0 bridgehead atoms. The van der Waals surface area contributed by atoms with Crippen LogP contribution in [0.5, 0.6) is 0 Å². The largest absolute Gasteiger partial charge is 0.354 e. The van der Waals surface area contributed by atoms with Crippen LogP contribution >= 0.6 is 11.8 Å². The van der Waals surface area contributed by atoms with Gasteiger partial charge in [0.25, 0.3) is 5.91 Å². The average Bonchev–Trinajstić information content (AvgIpc) is 2.93. The van der Waals surface area contributed by atoms with Crippen molar-refractivity contribution in [3.63, 3.8) is 0 Å². The van der Waals surface area contributed by atoms with Crippen LogP contribution in [0.2, 0.25) is 0 Å². The molecule has 0 spiro atoms. The minimum Gasteiger partial charge on any atom is -0.354 e. The van der Waals surface area contributed by atoms with Crippen LogP contribution in [-0.4, -0.2) is 61.3 Å². The Morgan fingerprint density at radius 2 is 1.97 bits per heavy atom. The molecule has 1 fully saturated rings. The lowest BCUT2D eigenvalue weighted by Gasteiger charge is -2.30. The second-order valence-electron chi connectivity index (χ2n) is 7.53. The van der Waals surface area contributed by atoms with Crippen LogP contribution in [0, 0.1) is 0 Å². The van der Waals surface area contributed by atoms with E-state index in [9.17, 15) is 4.79 Å². The van der Waals surface area contributed by atoms with Crippen LogP contribution in [0.3, 0.4) is 0 Å². The molecular weight excluding hydrogens is 380 g/mol. The molecule has 29 heavy (non-hydrogen) atoms. The fourth-order valence-electron chi connectivity index (χ4n) is 3.69. The molecular formula is C23H28N4OS. The van der Waals surface area contributed by atoms with Gasteiger partial charge >= 0.3 is 0 Å². The molecule has 4 rings (SSSR count). The van der Waals surface area contributed by atoms with Crippen LogP contribution in [0.1, 0.15) is 35.7 Å². The predicted molar refractivity (Wildman–Crippen MR) is 120 cm³/mol. The van der Waals surface area contributed by atoms with Gasteiger partial charge in [0.15, 0.2) is 0 Å². The van der Waals surface area contributed by atoms with Gasteiger partial charge in [0.2, 0.25) is 0 Å². The van der Waals surface area contributed by atoms with Gasteiger partial charge in [-0.25, -0.2) is 4.99 Å². The summed E-state index contributed by atoms with van der Waals surface area (Å²) >= 11 is 1.73. The summed E-state index contributed by atoms with van der Waals surface area (Å²) in [7, 11) is 1.88. The number of nitrogens with zero attached hydrogens (tertiary/aromatic N) is 3. The summed E-state index contributed by atoms with van der Waals surface area (Å²) in [5.74, 6) is 1.07. The number of amidine groups is 1. The molecule has 1 N–H and O–H groups in total. The van der Waals surface area contributed by atoms with Gasteiger partial charge in [0, 0.05) is 60.7 Å². The lowest BCUT2D eigenvalue weighted by molar-refractivity contribution is 0.0793. The quantitative estimate of drug-likeness (QED) is 0.831. The van der Waals surface area contributed by atoms with Gasteiger partial charge in [-0.05, 0) is 30.7 Å². The molecule has 2 aliphatic rings. The van der Waals surface area contributed by atoms with Gasteiger partial charge < -0.3 is 15.1 Å². The Balaban J connectivity index is 1.72. The molecule has 0 saturated carbocycles. The van der Waals surface area contributed by atoms with Crippen LogP contribution in [0.15, 0.2) is 57.2 Å². The van der Waals surface area contributed by atoms with E-state index in [1.54, 1.807) is 11.8 Å². The molecule has 0 radical (unpaired) electrons. The van der Waals surface area contributed by atoms with Crippen LogP contribution in [-0.2, 0) is 0 Å². The predicted octanol–water partition coefficient (Wildman–Crippen LogP) is 4.01. The molecule has 0 atom stereocenters. The molecule has 0 aliphatic carbocycles. The highest BCUT2D eigenvalue weighted by molar-refractivity contribution is 7.99. The topological polar surface area (TPSA) is 47.9 Å². The monoisotopic (exact) mass is 408 g/mol. The second kappa shape index (κ2) is 9.01. The minimum absolute atomic E-state index is 0.0620. The maximum Gasteiger partial charge on any atom is 0.253 e. The third kappa shape index (κ3) is 4.33. The summed E-state index contributed by atoms with van der Waals surface area (Å²) in [5.41, 5.74) is 2.76. The highest BCUT2D eigenvalue weighted by atomic mass is 32.2. The van der Waals surface area contributed by atoms with E-state index in [1.165, 1.54) is 10.5 Å². The Bertz CT molecular complexity index is 921. The molecule has 152 valence electrons. The van der Waals surface area contributed by atoms with E-state index in [0.29, 0.717) is 5.56 Å². The lowest BCUT2D eigenvalue weighted by atomic mass is 10.1. The molecule has 1 amide bonds. The fraction of sp³-hybridized carbons (Fsp3) is 0.391. The summed E-state index contributed by atoms with van der Waals surface area (Å²) in [6.07, 6.45) is 2.10. The average molecular weight is 409 g/mol. The number of hydrogen-bond donors (Lipinski definition) is 1. The van der Waals surface area contributed by atoms with Gasteiger partial charge in [-0.3, -0.25) is 4.79 Å². The first-order valence-electron chi connectivity index (χ1n) is 10.4. The highest BCUT2D eigenvalue weighted by Crippen LogP contribution is 2.41. The van der Waals surface area contributed by atoms with Crippen molar-refractivity contribution in [1.29, 1.82) is 0 Å². The third-order valence-corrected chi connectivity index (χ3v) is 6.53. The first-order valence-corrected chi connectivity index (χ1v) is 11.2. The van der Waals surface area contributed by atoms with Crippen molar-refractivity contribution in [3.8, 4) is 0 Å². The number of piperazine rings is 1. The maximum atomic E-state index is 12.9. The number of benzene rings is 2. The van der Waals surface area contributed by atoms with E-state index in [2.05, 4.69) is 41.4 Å². The Morgan fingerprint density at radius 3 is 2.76 bits per heavy atom. The number of carbonyl (C=O) groups excluding carboxylic acids is 1. The molecule has 2 aromatic carbocycles. The Hall–Kier alpha value is -2.31. The summed E-state index contributed by atoms with van der Waals surface area (Å²) in [6, 6.07) is 14.4. The zero-order chi connectivity index (χ0) is 20.2. The summed E-state index contributed by atoms with van der Waals surface area (Å²) in [6.45, 7) is 6.71.